The van der Waals surface area contributed by atoms with Crippen molar-refractivity contribution in [1.82, 2.24) is 15.1 Å². The van der Waals surface area contributed by atoms with Crippen molar-refractivity contribution in [3.63, 3.8) is 0 Å². The number of hydrogen-bond acceptors (Lipinski definition) is 4. The number of nitrogens with one attached hydrogen (secondary N) is 1. The largest absolute Gasteiger partial charge is 0.353 e. The number of rotatable bonds is 5. The maximum absolute atomic E-state index is 13.0. The van der Waals surface area contributed by atoms with Gasteiger partial charge < -0.3 is 10.2 Å². The predicted molar refractivity (Wildman–Crippen MR) is 119 cm³/mol. The molecule has 7 heteroatoms. The average Bonchev–Trinajstić information content (AvgIpc) is 3.04. The Kier molecular flexibility index (Phi) is 6.08. The number of likely N-dealkylation sites (tertiary alicyclic amines) is 1. The van der Waals surface area contributed by atoms with Gasteiger partial charge in [0.2, 0.25) is 5.91 Å². The average molecular weight is 434 g/mol. The summed E-state index contributed by atoms with van der Waals surface area (Å²) in [6.45, 7) is 4.63. The molecule has 166 valence electrons. The van der Waals surface area contributed by atoms with Crippen molar-refractivity contribution in [2.75, 3.05) is 13.1 Å². The molecule has 0 saturated carbocycles. The molecule has 7 nitrogen and oxygen atoms in total. The van der Waals surface area contributed by atoms with E-state index in [1.54, 1.807) is 30.9 Å². The van der Waals surface area contributed by atoms with Crippen molar-refractivity contribution in [1.29, 1.82) is 0 Å². The smallest absolute Gasteiger partial charge is 0.261 e. The molecule has 1 saturated heterocycles. The fourth-order valence-corrected chi connectivity index (χ4v) is 4.33. The number of carbonyl (C=O) groups excluding carboxylic acids is 4. The zero-order valence-electron chi connectivity index (χ0n) is 18.3. The molecule has 0 unspecified atom stereocenters. The zero-order chi connectivity index (χ0) is 22.8. The fourth-order valence-electron chi connectivity index (χ4n) is 4.33. The van der Waals surface area contributed by atoms with Gasteiger partial charge in [0.1, 0.15) is 0 Å². The fraction of sp³-hybridized carbons (Fsp3) is 0.360. The Bertz CT molecular complexity index is 1060. The molecule has 32 heavy (non-hydrogen) atoms. The maximum Gasteiger partial charge on any atom is 0.261 e. The number of carbonyl (C=O) groups is 4. The third-order valence-electron chi connectivity index (χ3n) is 6.04. The SMILES string of the molecule is CC(C)N1C(=O)c2ccc(C(=O)N3CCC(NC(=O)Cc4ccccc4)CC3)cc2C1=O. The summed E-state index contributed by atoms with van der Waals surface area (Å²) in [4.78, 5) is 53.3. The van der Waals surface area contributed by atoms with Crippen molar-refractivity contribution in [2.45, 2.75) is 45.2 Å². The van der Waals surface area contributed by atoms with Crippen LogP contribution in [-0.4, -0.2) is 58.6 Å². The van der Waals surface area contributed by atoms with Crippen molar-refractivity contribution < 1.29 is 19.2 Å². The van der Waals surface area contributed by atoms with Gasteiger partial charge in [0.25, 0.3) is 17.7 Å². The van der Waals surface area contributed by atoms with Gasteiger partial charge >= 0.3 is 0 Å². The van der Waals surface area contributed by atoms with E-state index in [4.69, 9.17) is 0 Å². The van der Waals surface area contributed by atoms with Gasteiger partial charge in [-0.1, -0.05) is 30.3 Å². The summed E-state index contributed by atoms with van der Waals surface area (Å²) in [6.07, 6.45) is 1.70. The minimum absolute atomic E-state index is 0.0162. The molecule has 0 atom stereocenters. The number of nitrogens with zero attached hydrogens (tertiary/aromatic N) is 2. The number of amides is 4. The summed E-state index contributed by atoms with van der Waals surface area (Å²) in [7, 11) is 0. The molecule has 0 aliphatic carbocycles. The molecule has 0 bridgehead atoms. The highest BCUT2D eigenvalue weighted by molar-refractivity contribution is 6.22. The van der Waals surface area contributed by atoms with Crippen LogP contribution >= 0.6 is 0 Å². The first-order chi connectivity index (χ1) is 15.3. The number of benzene rings is 2. The first-order valence-corrected chi connectivity index (χ1v) is 11.0. The van der Waals surface area contributed by atoms with Gasteiger partial charge in [-0.3, -0.25) is 24.1 Å². The van der Waals surface area contributed by atoms with Crippen LogP contribution in [0.3, 0.4) is 0 Å². The van der Waals surface area contributed by atoms with E-state index in [1.165, 1.54) is 11.0 Å². The lowest BCUT2D eigenvalue weighted by Gasteiger charge is -2.32. The third-order valence-corrected chi connectivity index (χ3v) is 6.04. The normalized spacial score (nSPS) is 16.5. The van der Waals surface area contributed by atoms with Gasteiger partial charge in [-0.05, 0) is 50.5 Å². The Morgan fingerprint density at radius 3 is 2.28 bits per heavy atom. The van der Waals surface area contributed by atoms with Crippen molar-refractivity contribution >= 4 is 23.6 Å². The van der Waals surface area contributed by atoms with E-state index in [0.29, 0.717) is 43.5 Å². The highest BCUT2D eigenvalue weighted by Gasteiger charge is 2.38. The van der Waals surface area contributed by atoms with Gasteiger partial charge in [-0.2, -0.15) is 0 Å². The summed E-state index contributed by atoms with van der Waals surface area (Å²) in [5.74, 6) is -0.844. The van der Waals surface area contributed by atoms with Gasteiger partial charge in [-0.25, -0.2) is 0 Å². The number of hydrogen-bond donors (Lipinski definition) is 1. The molecule has 1 N–H and O–H groups in total. The molecule has 2 aromatic rings. The molecule has 2 aliphatic heterocycles. The monoisotopic (exact) mass is 433 g/mol. The number of imide groups is 1. The second-order valence-electron chi connectivity index (χ2n) is 8.63. The van der Waals surface area contributed by atoms with E-state index in [1.807, 2.05) is 30.3 Å². The topological polar surface area (TPSA) is 86.8 Å². The minimum atomic E-state index is -0.352. The van der Waals surface area contributed by atoms with E-state index < -0.39 is 0 Å². The predicted octanol–water partition coefficient (Wildman–Crippen LogP) is 2.65. The Morgan fingerprint density at radius 2 is 1.62 bits per heavy atom. The van der Waals surface area contributed by atoms with Gasteiger partial charge in [0.05, 0.1) is 17.5 Å². The summed E-state index contributed by atoms with van der Waals surface area (Å²) < 4.78 is 0. The Balaban J connectivity index is 1.35. The molecule has 0 aromatic heterocycles. The van der Waals surface area contributed by atoms with Crippen LogP contribution in [0.25, 0.3) is 0 Å². The molecule has 2 aromatic carbocycles. The molecule has 0 radical (unpaired) electrons. The quantitative estimate of drug-likeness (QED) is 0.735. The lowest BCUT2D eigenvalue weighted by Crippen LogP contribution is -2.46. The zero-order valence-corrected chi connectivity index (χ0v) is 18.3. The Morgan fingerprint density at radius 1 is 0.969 bits per heavy atom. The second-order valence-corrected chi connectivity index (χ2v) is 8.63. The molecule has 4 rings (SSSR count). The summed E-state index contributed by atoms with van der Waals surface area (Å²) in [6, 6.07) is 14.1. The Labute approximate surface area is 187 Å². The standard InChI is InChI=1S/C25H27N3O4/c1-16(2)28-24(31)20-9-8-18(15-21(20)25(28)32)23(30)27-12-10-19(11-13-27)26-22(29)14-17-6-4-3-5-7-17/h3-9,15-16,19H,10-14H2,1-2H3,(H,26,29). The van der Waals surface area contributed by atoms with Gasteiger partial charge in [-0.15, -0.1) is 0 Å². The van der Waals surface area contributed by atoms with Crippen LogP contribution in [0.4, 0.5) is 0 Å². The summed E-state index contributed by atoms with van der Waals surface area (Å²) in [5.41, 5.74) is 2.01. The van der Waals surface area contributed by atoms with Crippen LogP contribution < -0.4 is 5.32 Å². The molecule has 2 heterocycles. The maximum atomic E-state index is 13.0. The van der Waals surface area contributed by atoms with E-state index >= 15 is 0 Å². The van der Waals surface area contributed by atoms with Gasteiger partial charge in [0, 0.05) is 30.7 Å². The highest BCUT2D eigenvalue weighted by atomic mass is 16.2. The van der Waals surface area contributed by atoms with Crippen LogP contribution in [0.5, 0.6) is 0 Å². The Hall–Kier alpha value is -3.48. The lowest BCUT2D eigenvalue weighted by atomic mass is 10.0. The van der Waals surface area contributed by atoms with Crippen LogP contribution in [0, 0.1) is 0 Å². The summed E-state index contributed by atoms with van der Waals surface area (Å²) >= 11 is 0. The summed E-state index contributed by atoms with van der Waals surface area (Å²) in [5, 5.41) is 3.06. The number of piperidine rings is 1. The highest BCUT2D eigenvalue weighted by Crippen LogP contribution is 2.26. The van der Waals surface area contributed by atoms with Crippen LogP contribution in [0.1, 0.15) is 63.3 Å². The van der Waals surface area contributed by atoms with E-state index in [0.717, 1.165) is 5.56 Å². The van der Waals surface area contributed by atoms with Gasteiger partial charge in [0.15, 0.2) is 0 Å². The molecule has 0 spiro atoms. The number of fused-ring (bicyclic) bond motifs is 1. The van der Waals surface area contributed by atoms with E-state index in [-0.39, 0.29) is 41.3 Å². The molecule has 4 amide bonds. The molecule has 1 fully saturated rings. The third kappa shape index (κ3) is 4.28. The van der Waals surface area contributed by atoms with Crippen molar-refractivity contribution in [3.8, 4) is 0 Å². The molecular formula is C25H27N3O4. The van der Waals surface area contributed by atoms with E-state index in [2.05, 4.69) is 5.32 Å². The van der Waals surface area contributed by atoms with Crippen LogP contribution in [0.15, 0.2) is 48.5 Å². The molecular weight excluding hydrogens is 406 g/mol. The van der Waals surface area contributed by atoms with Crippen molar-refractivity contribution in [3.05, 3.63) is 70.8 Å². The van der Waals surface area contributed by atoms with Crippen LogP contribution in [-0.2, 0) is 11.2 Å². The minimum Gasteiger partial charge on any atom is -0.353 e. The first kappa shape index (κ1) is 21.7. The van der Waals surface area contributed by atoms with Crippen LogP contribution in [0.2, 0.25) is 0 Å². The second kappa shape index (κ2) is 8.94. The van der Waals surface area contributed by atoms with E-state index in [9.17, 15) is 19.2 Å². The first-order valence-electron chi connectivity index (χ1n) is 11.0. The lowest BCUT2D eigenvalue weighted by molar-refractivity contribution is -0.121. The molecule has 2 aliphatic rings. The van der Waals surface area contributed by atoms with Crippen molar-refractivity contribution in [2.24, 2.45) is 0 Å².